The number of aromatic carboxylic acids is 1. The van der Waals surface area contributed by atoms with Crippen LogP contribution in [0.4, 0.5) is 10.1 Å². The minimum atomic E-state index is -1.31. The molecule has 2 rings (SSSR count). The van der Waals surface area contributed by atoms with Crippen LogP contribution in [-0.2, 0) is 0 Å². The molecule has 0 aliphatic rings. The number of hydrogen-bond donors (Lipinski definition) is 1. The summed E-state index contributed by atoms with van der Waals surface area (Å²) in [5.74, 6) is -1.87. The molecule has 0 aliphatic heterocycles. The van der Waals surface area contributed by atoms with Crippen LogP contribution in [0, 0.1) is 15.9 Å². The molecule has 0 atom stereocenters. The van der Waals surface area contributed by atoms with Crippen LogP contribution in [0.3, 0.4) is 0 Å². The number of carboxylic acid groups (broad SMARTS) is 1. The average Bonchev–Trinajstić information content (AvgIpc) is 2.41. The van der Waals surface area contributed by atoms with Crippen molar-refractivity contribution in [3.63, 3.8) is 0 Å². The first kappa shape index (κ1) is 13.9. The van der Waals surface area contributed by atoms with Crippen molar-refractivity contribution in [1.29, 1.82) is 0 Å². The van der Waals surface area contributed by atoms with Gasteiger partial charge in [0.25, 0.3) is 0 Å². The third kappa shape index (κ3) is 2.91. The summed E-state index contributed by atoms with van der Waals surface area (Å²) in [7, 11) is 0. The van der Waals surface area contributed by atoms with E-state index in [-0.39, 0.29) is 21.3 Å². The summed E-state index contributed by atoms with van der Waals surface area (Å²) in [6.07, 6.45) is 0. The third-order valence-electron chi connectivity index (χ3n) is 2.30. The highest BCUT2D eigenvalue weighted by Gasteiger charge is 2.20. The largest absolute Gasteiger partial charge is 0.477 e. The molecule has 20 heavy (non-hydrogen) atoms. The van der Waals surface area contributed by atoms with E-state index in [9.17, 15) is 19.3 Å². The molecule has 0 saturated carbocycles. The van der Waals surface area contributed by atoms with Crippen LogP contribution in [0.25, 0.3) is 0 Å². The fraction of sp³-hybridized carbons (Fsp3) is 0. The zero-order valence-corrected chi connectivity index (χ0v) is 10.6. The molecule has 1 N–H and O–H groups in total. The Morgan fingerprint density at radius 2 is 2.00 bits per heavy atom. The van der Waals surface area contributed by atoms with Crippen molar-refractivity contribution in [3.8, 4) is 0 Å². The third-order valence-corrected chi connectivity index (χ3v) is 3.34. The van der Waals surface area contributed by atoms with Crippen molar-refractivity contribution in [1.82, 2.24) is 4.98 Å². The second-order valence-corrected chi connectivity index (χ2v) is 4.65. The van der Waals surface area contributed by atoms with Crippen molar-refractivity contribution < 1.29 is 19.2 Å². The Morgan fingerprint density at radius 3 is 2.60 bits per heavy atom. The van der Waals surface area contributed by atoms with Gasteiger partial charge in [0.15, 0.2) is 5.03 Å². The number of nitrogens with zero attached hydrogens (tertiary/aromatic N) is 2. The van der Waals surface area contributed by atoms with Gasteiger partial charge in [-0.25, -0.2) is 14.2 Å². The van der Waals surface area contributed by atoms with Gasteiger partial charge in [-0.15, -0.1) is 0 Å². The molecule has 1 aromatic carbocycles. The second-order valence-electron chi connectivity index (χ2n) is 3.62. The lowest BCUT2D eigenvalue weighted by molar-refractivity contribution is -0.388. The fourth-order valence-electron chi connectivity index (χ4n) is 1.40. The highest BCUT2D eigenvalue weighted by Crippen LogP contribution is 2.34. The van der Waals surface area contributed by atoms with E-state index in [1.54, 1.807) is 6.07 Å². The minimum Gasteiger partial charge on any atom is -0.477 e. The second kappa shape index (κ2) is 5.66. The van der Waals surface area contributed by atoms with Crippen LogP contribution >= 0.6 is 11.8 Å². The van der Waals surface area contributed by atoms with E-state index < -0.39 is 16.7 Å². The van der Waals surface area contributed by atoms with E-state index in [1.165, 1.54) is 18.2 Å². The molecule has 1 aromatic heterocycles. The van der Waals surface area contributed by atoms with E-state index in [0.29, 0.717) is 11.8 Å². The molecular formula is C12H7FN2O4S. The maximum absolute atomic E-state index is 13.5. The molecule has 0 amide bonds. The lowest BCUT2D eigenvalue weighted by atomic mass is 10.3. The molecule has 0 spiro atoms. The van der Waals surface area contributed by atoms with Gasteiger partial charge >= 0.3 is 11.7 Å². The highest BCUT2D eigenvalue weighted by atomic mass is 32.2. The summed E-state index contributed by atoms with van der Waals surface area (Å²) in [5, 5.41) is 19.6. The van der Waals surface area contributed by atoms with E-state index in [0.717, 1.165) is 12.1 Å². The van der Waals surface area contributed by atoms with Gasteiger partial charge in [0.05, 0.1) is 4.92 Å². The summed E-state index contributed by atoms with van der Waals surface area (Å²) >= 11 is 0.710. The monoisotopic (exact) mass is 294 g/mol. The summed E-state index contributed by atoms with van der Waals surface area (Å²) < 4.78 is 13.5. The van der Waals surface area contributed by atoms with Crippen molar-refractivity contribution in [3.05, 3.63) is 58.0 Å². The van der Waals surface area contributed by atoms with Crippen LogP contribution < -0.4 is 0 Å². The first-order valence-corrected chi connectivity index (χ1v) is 6.12. The molecule has 2 aromatic rings. The predicted octanol–water partition coefficient (Wildman–Crippen LogP) is 2.98. The van der Waals surface area contributed by atoms with Gasteiger partial charge in [-0.2, -0.15) is 0 Å². The van der Waals surface area contributed by atoms with Gasteiger partial charge in [-0.05, 0) is 18.2 Å². The first-order valence-electron chi connectivity index (χ1n) is 5.30. The minimum absolute atomic E-state index is 0.130. The number of carbonyl (C=O) groups is 1. The van der Waals surface area contributed by atoms with E-state index in [4.69, 9.17) is 5.11 Å². The lowest BCUT2D eigenvalue weighted by Crippen LogP contribution is -2.03. The number of carboxylic acids is 1. The van der Waals surface area contributed by atoms with Crippen LogP contribution in [-0.4, -0.2) is 21.0 Å². The molecule has 102 valence electrons. The molecule has 0 fully saturated rings. The quantitative estimate of drug-likeness (QED) is 0.688. The molecule has 0 bridgehead atoms. The zero-order valence-electron chi connectivity index (χ0n) is 9.82. The molecule has 0 unspecified atom stereocenters. The number of aromatic nitrogens is 1. The predicted molar refractivity (Wildman–Crippen MR) is 68.4 cm³/mol. The summed E-state index contributed by atoms with van der Waals surface area (Å²) in [4.78, 5) is 24.8. The van der Waals surface area contributed by atoms with E-state index in [2.05, 4.69) is 4.98 Å². The number of hydrogen-bond acceptors (Lipinski definition) is 5. The molecule has 0 radical (unpaired) electrons. The number of rotatable bonds is 4. The number of pyridine rings is 1. The molecule has 6 nitrogen and oxygen atoms in total. The van der Waals surface area contributed by atoms with Gasteiger partial charge in [0, 0.05) is 11.0 Å². The zero-order chi connectivity index (χ0) is 14.7. The van der Waals surface area contributed by atoms with Crippen molar-refractivity contribution in [2.45, 2.75) is 9.92 Å². The van der Waals surface area contributed by atoms with Crippen molar-refractivity contribution in [2.75, 3.05) is 0 Å². The highest BCUT2D eigenvalue weighted by molar-refractivity contribution is 7.99. The Balaban J connectivity index is 2.48. The fourth-order valence-corrected chi connectivity index (χ4v) is 2.31. The number of nitro groups is 1. The van der Waals surface area contributed by atoms with Gasteiger partial charge < -0.3 is 5.11 Å². The lowest BCUT2D eigenvalue weighted by Gasteiger charge is -2.04. The Labute approximate surface area is 116 Å². The van der Waals surface area contributed by atoms with Crippen LogP contribution in [0.2, 0.25) is 0 Å². The van der Waals surface area contributed by atoms with Gasteiger partial charge in [-0.1, -0.05) is 23.9 Å². The SMILES string of the molecule is O=C(O)c1ccc([N+](=O)[O-])c(Sc2ccccc2F)n1. The Hall–Kier alpha value is -2.48. The van der Waals surface area contributed by atoms with Crippen molar-refractivity contribution >= 4 is 23.4 Å². The number of benzene rings is 1. The molecule has 1 heterocycles. The first-order chi connectivity index (χ1) is 9.49. The Morgan fingerprint density at radius 1 is 1.30 bits per heavy atom. The van der Waals surface area contributed by atoms with E-state index >= 15 is 0 Å². The maximum atomic E-state index is 13.5. The van der Waals surface area contributed by atoms with Crippen LogP contribution in [0.5, 0.6) is 0 Å². The summed E-state index contributed by atoms with van der Waals surface area (Å²) in [6, 6.07) is 7.76. The Kier molecular flexibility index (Phi) is 3.94. The van der Waals surface area contributed by atoms with Crippen LogP contribution in [0.15, 0.2) is 46.3 Å². The molecule has 0 aliphatic carbocycles. The van der Waals surface area contributed by atoms with E-state index in [1.807, 2.05) is 0 Å². The number of halogens is 1. The normalized spacial score (nSPS) is 10.2. The van der Waals surface area contributed by atoms with Gasteiger partial charge in [-0.3, -0.25) is 10.1 Å². The standard InChI is InChI=1S/C12H7FN2O4S/c13-7-3-1-2-4-10(7)20-11-9(15(18)19)6-5-8(14-11)12(16)17/h1-6H,(H,16,17). The molecule has 8 heteroatoms. The van der Waals surface area contributed by atoms with Crippen LogP contribution in [0.1, 0.15) is 10.5 Å². The van der Waals surface area contributed by atoms with Gasteiger partial charge in [0.1, 0.15) is 11.5 Å². The topological polar surface area (TPSA) is 93.3 Å². The molecule has 0 saturated heterocycles. The smallest absolute Gasteiger partial charge is 0.354 e. The molecular weight excluding hydrogens is 287 g/mol. The van der Waals surface area contributed by atoms with Gasteiger partial charge in [0.2, 0.25) is 0 Å². The average molecular weight is 294 g/mol. The Bertz CT molecular complexity index is 693. The maximum Gasteiger partial charge on any atom is 0.354 e. The van der Waals surface area contributed by atoms with Crippen molar-refractivity contribution in [2.24, 2.45) is 0 Å². The summed E-state index contributed by atoms with van der Waals surface area (Å²) in [5.41, 5.74) is -0.710. The summed E-state index contributed by atoms with van der Waals surface area (Å²) in [6.45, 7) is 0.